The van der Waals surface area contributed by atoms with Crippen molar-refractivity contribution in [2.45, 2.75) is 26.2 Å². The second-order valence-corrected chi connectivity index (χ2v) is 5.99. The number of aliphatic hydroxyl groups excluding tert-OH is 1. The minimum atomic E-state index is 0.120. The molecule has 3 rings (SSSR count). The second kappa shape index (κ2) is 4.82. The van der Waals surface area contributed by atoms with E-state index in [1.165, 1.54) is 22.2 Å². The van der Waals surface area contributed by atoms with Crippen LogP contribution in [0.5, 0.6) is 0 Å². The maximum Gasteiger partial charge on any atom is 0.138 e. The summed E-state index contributed by atoms with van der Waals surface area (Å²) >= 11 is 1.80. The van der Waals surface area contributed by atoms with Crippen molar-refractivity contribution in [1.29, 1.82) is 0 Å². The van der Waals surface area contributed by atoms with Crippen LogP contribution < -0.4 is 5.32 Å². The summed E-state index contributed by atoms with van der Waals surface area (Å²) in [6, 6.07) is 0. The summed E-state index contributed by atoms with van der Waals surface area (Å²) in [6.45, 7) is 2.96. The summed E-state index contributed by atoms with van der Waals surface area (Å²) in [6.07, 6.45) is 5.13. The monoisotopic (exact) mass is 263 g/mol. The molecule has 0 aromatic carbocycles. The van der Waals surface area contributed by atoms with Gasteiger partial charge in [0.2, 0.25) is 0 Å². The normalized spacial score (nSPS) is 18.9. The van der Waals surface area contributed by atoms with Gasteiger partial charge in [0.05, 0.1) is 12.0 Å². The molecule has 5 heteroatoms. The highest BCUT2D eigenvalue weighted by Gasteiger charge is 2.22. The van der Waals surface area contributed by atoms with Crippen LogP contribution in [-0.2, 0) is 12.8 Å². The largest absolute Gasteiger partial charge is 0.395 e. The summed E-state index contributed by atoms with van der Waals surface area (Å²) in [5.41, 5.74) is 1.43. The molecule has 2 heterocycles. The Kier molecular flexibility index (Phi) is 3.18. The van der Waals surface area contributed by atoms with E-state index in [0.29, 0.717) is 6.54 Å². The molecule has 0 bridgehead atoms. The Morgan fingerprint density at radius 2 is 2.39 bits per heavy atom. The van der Waals surface area contributed by atoms with E-state index in [1.807, 2.05) is 0 Å². The highest BCUT2D eigenvalue weighted by Crippen LogP contribution is 2.39. The van der Waals surface area contributed by atoms with Crippen molar-refractivity contribution in [3.8, 4) is 0 Å². The quantitative estimate of drug-likeness (QED) is 0.891. The Bertz CT molecular complexity index is 567. The third-order valence-electron chi connectivity index (χ3n) is 3.50. The fraction of sp³-hybridized carbons (Fsp3) is 0.538. The number of fused-ring (bicyclic) bond motifs is 3. The highest BCUT2D eigenvalue weighted by molar-refractivity contribution is 7.19. The molecule has 1 unspecified atom stereocenters. The van der Waals surface area contributed by atoms with Crippen molar-refractivity contribution in [1.82, 2.24) is 9.97 Å². The molecule has 2 aromatic rings. The van der Waals surface area contributed by atoms with E-state index >= 15 is 0 Å². The molecule has 0 saturated heterocycles. The molecule has 1 atom stereocenters. The Balaban J connectivity index is 2.09. The molecule has 0 amide bonds. The third kappa shape index (κ3) is 1.97. The smallest absolute Gasteiger partial charge is 0.138 e. The number of thiophene rings is 1. The van der Waals surface area contributed by atoms with Gasteiger partial charge in [-0.3, -0.25) is 0 Å². The molecule has 96 valence electrons. The standard InChI is InChI=1S/C13H17N3OS/c1-8-2-3-9-10(6-8)18-13-11(9)12(14-4-5-17)15-7-16-13/h7-8,17H,2-6H2,1H3,(H,14,15,16). The van der Waals surface area contributed by atoms with E-state index in [2.05, 4.69) is 22.2 Å². The van der Waals surface area contributed by atoms with Crippen molar-refractivity contribution in [3.05, 3.63) is 16.8 Å². The maximum atomic E-state index is 8.92. The second-order valence-electron chi connectivity index (χ2n) is 4.90. The maximum absolute atomic E-state index is 8.92. The predicted octanol–water partition coefficient (Wildman–Crippen LogP) is 2.22. The molecule has 0 spiro atoms. The van der Waals surface area contributed by atoms with Crippen molar-refractivity contribution in [2.24, 2.45) is 5.92 Å². The number of hydrogen-bond donors (Lipinski definition) is 2. The summed E-state index contributed by atoms with van der Waals surface area (Å²) in [5.74, 6) is 1.65. The molecule has 0 saturated carbocycles. The Hall–Kier alpha value is -1.20. The van der Waals surface area contributed by atoms with E-state index < -0.39 is 0 Å². The molecule has 2 N–H and O–H groups in total. The third-order valence-corrected chi connectivity index (χ3v) is 4.66. The highest BCUT2D eigenvalue weighted by atomic mass is 32.1. The zero-order chi connectivity index (χ0) is 12.5. The van der Waals surface area contributed by atoms with Gasteiger partial charge in [-0.1, -0.05) is 6.92 Å². The number of anilines is 1. The first-order valence-electron chi connectivity index (χ1n) is 6.39. The van der Waals surface area contributed by atoms with E-state index in [9.17, 15) is 0 Å². The van der Waals surface area contributed by atoms with Crippen molar-refractivity contribution in [2.75, 3.05) is 18.5 Å². The van der Waals surface area contributed by atoms with Gasteiger partial charge in [0.1, 0.15) is 17.0 Å². The molecule has 0 fully saturated rings. The van der Waals surface area contributed by atoms with Gasteiger partial charge in [-0.15, -0.1) is 11.3 Å². The number of nitrogens with one attached hydrogen (secondary N) is 1. The SMILES string of the molecule is CC1CCc2c(sc3ncnc(NCCO)c23)C1. The molecular formula is C13H17N3OS. The average molecular weight is 263 g/mol. The lowest BCUT2D eigenvalue weighted by Gasteiger charge is -2.18. The van der Waals surface area contributed by atoms with Gasteiger partial charge < -0.3 is 10.4 Å². The minimum Gasteiger partial charge on any atom is -0.395 e. The summed E-state index contributed by atoms with van der Waals surface area (Å²) in [4.78, 5) is 11.2. The van der Waals surface area contributed by atoms with Crippen molar-refractivity contribution in [3.63, 3.8) is 0 Å². The first-order valence-corrected chi connectivity index (χ1v) is 7.21. The van der Waals surface area contributed by atoms with Gasteiger partial charge in [0.15, 0.2) is 0 Å². The first kappa shape index (κ1) is 11.9. The zero-order valence-corrected chi connectivity index (χ0v) is 11.3. The molecule has 1 aliphatic carbocycles. The fourth-order valence-corrected chi connectivity index (χ4v) is 3.93. The predicted molar refractivity (Wildman–Crippen MR) is 74.2 cm³/mol. The molecule has 2 aromatic heterocycles. The Morgan fingerprint density at radius 3 is 3.22 bits per heavy atom. The van der Waals surface area contributed by atoms with Gasteiger partial charge in [0, 0.05) is 11.4 Å². The number of rotatable bonds is 3. The van der Waals surface area contributed by atoms with E-state index in [-0.39, 0.29) is 6.61 Å². The summed E-state index contributed by atoms with van der Waals surface area (Å²) in [7, 11) is 0. The lowest BCUT2D eigenvalue weighted by molar-refractivity contribution is 0.311. The van der Waals surface area contributed by atoms with Crippen LogP contribution in [0.4, 0.5) is 5.82 Å². The lowest BCUT2D eigenvalue weighted by Crippen LogP contribution is -2.10. The van der Waals surface area contributed by atoms with E-state index in [1.54, 1.807) is 17.7 Å². The Labute approximate surface area is 110 Å². The van der Waals surface area contributed by atoms with Crippen LogP contribution in [0, 0.1) is 5.92 Å². The first-order chi connectivity index (χ1) is 8.79. The molecule has 18 heavy (non-hydrogen) atoms. The van der Waals surface area contributed by atoms with Crippen molar-refractivity contribution < 1.29 is 5.11 Å². The summed E-state index contributed by atoms with van der Waals surface area (Å²) < 4.78 is 0. The van der Waals surface area contributed by atoms with Crippen LogP contribution in [0.15, 0.2) is 6.33 Å². The van der Waals surface area contributed by atoms with Crippen LogP contribution in [0.25, 0.3) is 10.2 Å². The minimum absolute atomic E-state index is 0.120. The summed E-state index contributed by atoms with van der Waals surface area (Å²) in [5, 5.41) is 13.3. The van der Waals surface area contributed by atoms with E-state index in [0.717, 1.165) is 29.4 Å². The topological polar surface area (TPSA) is 58.0 Å². The van der Waals surface area contributed by atoms with Gasteiger partial charge in [-0.2, -0.15) is 0 Å². The number of nitrogens with zero attached hydrogens (tertiary/aromatic N) is 2. The lowest BCUT2D eigenvalue weighted by atomic mass is 9.89. The molecule has 4 nitrogen and oxygen atoms in total. The molecule has 1 aliphatic rings. The average Bonchev–Trinajstić information content (AvgIpc) is 2.73. The number of aryl methyl sites for hydroxylation is 1. The number of aliphatic hydroxyl groups is 1. The van der Waals surface area contributed by atoms with E-state index in [4.69, 9.17) is 5.11 Å². The van der Waals surface area contributed by atoms with Gasteiger partial charge >= 0.3 is 0 Å². The van der Waals surface area contributed by atoms with Crippen LogP contribution in [0.3, 0.4) is 0 Å². The van der Waals surface area contributed by atoms with Gasteiger partial charge in [-0.05, 0) is 30.7 Å². The van der Waals surface area contributed by atoms with Crippen molar-refractivity contribution >= 4 is 27.4 Å². The molecule has 0 radical (unpaired) electrons. The Morgan fingerprint density at radius 1 is 1.50 bits per heavy atom. The van der Waals surface area contributed by atoms with Gasteiger partial charge in [-0.25, -0.2) is 9.97 Å². The van der Waals surface area contributed by atoms with Crippen LogP contribution in [-0.4, -0.2) is 28.2 Å². The van der Waals surface area contributed by atoms with Crippen LogP contribution in [0.2, 0.25) is 0 Å². The number of aromatic nitrogens is 2. The number of hydrogen-bond acceptors (Lipinski definition) is 5. The van der Waals surface area contributed by atoms with Gasteiger partial charge in [0.25, 0.3) is 0 Å². The van der Waals surface area contributed by atoms with Crippen LogP contribution >= 0.6 is 11.3 Å². The van der Waals surface area contributed by atoms with Crippen LogP contribution in [0.1, 0.15) is 23.8 Å². The molecular weight excluding hydrogens is 246 g/mol. The fourth-order valence-electron chi connectivity index (χ4n) is 2.58. The zero-order valence-electron chi connectivity index (χ0n) is 10.4. The molecule has 0 aliphatic heterocycles.